The summed E-state index contributed by atoms with van der Waals surface area (Å²) < 4.78 is 135. The van der Waals surface area contributed by atoms with Crippen molar-refractivity contribution in [2.75, 3.05) is 32.8 Å². The van der Waals surface area contributed by atoms with Gasteiger partial charge < -0.3 is 24.2 Å². The minimum absolute atomic E-state index is 0.0685. The third-order valence-electron chi connectivity index (χ3n) is 4.32. The first kappa shape index (κ1) is 29.1. The first-order valence-corrected chi connectivity index (χ1v) is 10.5. The van der Waals surface area contributed by atoms with E-state index in [0.717, 1.165) is 6.92 Å². The van der Waals surface area contributed by atoms with E-state index in [0.29, 0.717) is 4.90 Å². The zero-order valence-electron chi connectivity index (χ0n) is 17.0. The summed E-state index contributed by atoms with van der Waals surface area (Å²) in [6.45, 7) is 2.11. The second kappa shape index (κ2) is 10.1. The quantitative estimate of drug-likeness (QED) is 0.115. The van der Waals surface area contributed by atoms with Gasteiger partial charge in [-0.3, -0.25) is 4.79 Å². The van der Waals surface area contributed by atoms with Crippen LogP contribution in [0.15, 0.2) is 12.2 Å². The van der Waals surface area contributed by atoms with Crippen LogP contribution in [0.3, 0.4) is 0 Å². The number of piperazine rings is 1. The van der Waals surface area contributed by atoms with Crippen molar-refractivity contribution < 1.29 is 62.8 Å². The fourth-order valence-corrected chi connectivity index (χ4v) is 3.00. The van der Waals surface area contributed by atoms with Crippen LogP contribution in [-0.2, 0) is 29.2 Å². The van der Waals surface area contributed by atoms with Gasteiger partial charge in [0.2, 0.25) is 0 Å². The van der Waals surface area contributed by atoms with Crippen LogP contribution < -0.4 is 5.32 Å². The van der Waals surface area contributed by atoms with Crippen LogP contribution >= 0.6 is 0 Å². The maximum absolute atomic E-state index is 13.9. The van der Waals surface area contributed by atoms with Gasteiger partial charge in [0.05, 0.1) is 6.61 Å². The molecule has 0 radical (unpaired) electrons. The summed E-state index contributed by atoms with van der Waals surface area (Å²) in [6.07, 6.45) is -9.23. The Hall–Kier alpha value is -1.98. The summed E-state index contributed by atoms with van der Waals surface area (Å²) in [4.78, 5) is 25.1. The molecule has 1 aliphatic rings. The highest BCUT2D eigenvalue weighted by Crippen LogP contribution is 2.42. The summed E-state index contributed by atoms with van der Waals surface area (Å²) in [5.74, 6) is -13.4. The minimum atomic E-state index is -6.80. The van der Waals surface area contributed by atoms with E-state index in [1.54, 1.807) is 0 Å². The van der Waals surface area contributed by atoms with Crippen molar-refractivity contribution in [2.24, 2.45) is 0 Å². The zero-order valence-corrected chi connectivity index (χ0v) is 17.8. The molecule has 1 unspecified atom stereocenters. The Bertz CT molecular complexity index is 858. The molecule has 1 rings (SSSR count). The predicted molar refractivity (Wildman–Crippen MR) is 93.9 cm³/mol. The molecule has 1 saturated heterocycles. The van der Waals surface area contributed by atoms with Gasteiger partial charge in [-0.1, -0.05) is 6.58 Å². The molecular formula is C16H20F7N2O7S-. The van der Waals surface area contributed by atoms with E-state index in [-0.39, 0.29) is 26.2 Å². The maximum atomic E-state index is 13.9. The van der Waals surface area contributed by atoms with Crippen LogP contribution in [0.25, 0.3) is 0 Å². The Kier molecular flexibility index (Phi) is 8.90. The number of esters is 1. The topological polar surface area (TPSA) is 125 Å². The lowest BCUT2D eigenvalue weighted by molar-refractivity contribution is -0.351. The fourth-order valence-electron chi connectivity index (χ4n) is 2.53. The van der Waals surface area contributed by atoms with Crippen molar-refractivity contribution in [1.82, 2.24) is 10.2 Å². The van der Waals surface area contributed by atoms with Gasteiger partial charge in [-0.25, -0.2) is 13.2 Å². The van der Waals surface area contributed by atoms with Gasteiger partial charge in [0, 0.05) is 38.2 Å². The number of halogens is 7. The molecule has 192 valence electrons. The Morgan fingerprint density at radius 2 is 1.61 bits per heavy atom. The van der Waals surface area contributed by atoms with Crippen LogP contribution in [0, 0.1) is 0 Å². The Balaban J connectivity index is 3.17. The lowest BCUT2D eigenvalue weighted by Crippen LogP contribution is -2.64. The summed E-state index contributed by atoms with van der Waals surface area (Å²) in [7, 11) is -6.80. The number of nitrogens with zero attached hydrogens (tertiary/aromatic N) is 1. The van der Waals surface area contributed by atoms with E-state index >= 15 is 0 Å². The molecule has 1 atom stereocenters. The monoisotopic (exact) mass is 517 g/mol. The Labute approximate surface area is 183 Å². The number of carbonyl (C=O) groups excluding carboxylic acids is 2. The molecule has 1 heterocycles. The summed E-state index contributed by atoms with van der Waals surface area (Å²) in [6, 6.07) is 0. The first-order valence-electron chi connectivity index (χ1n) is 9.11. The first-order chi connectivity index (χ1) is 14.8. The number of hydrogen-bond donors (Lipinski definition) is 1. The van der Waals surface area contributed by atoms with Crippen molar-refractivity contribution in [3.63, 3.8) is 0 Å². The average Bonchev–Trinajstić information content (AvgIpc) is 2.68. The molecule has 0 spiro atoms. The molecule has 1 amide bonds. The van der Waals surface area contributed by atoms with Gasteiger partial charge in [-0.05, 0) is 13.3 Å². The van der Waals surface area contributed by atoms with Gasteiger partial charge in [0.1, 0.15) is 0 Å². The van der Waals surface area contributed by atoms with Gasteiger partial charge in [0.25, 0.3) is 0 Å². The number of ether oxygens (including phenoxy) is 2. The summed E-state index contributed by atoms with van der Waals surface area (Å²) in [5.41, 5.74) is -0.577. The fraction of sp³-hybridized carbons (Fsp3) is 0.750. The smallest absolute Gasteiger partial charge is 0.466 e. The van der Waals surface area contributed by atoms with E-state index in [9.17, 15) is 53.3 Å². The van der Waals surface area contributed by atoms with Crippen molar-refractivity contribution in [3.05, 3.63) is 12.2 Å². The zero-order chi connectivity index (χ0) is 25.9. The number of alkyl halides is 7. The van der Waals surface area contributed by atoms with Crippen molar-refractivity contribution >= 4 is 22.0 Å². The molecule has 0 aliphatic carbocycles. The van der Waals surface area contributed by atoms with Crippen molar-refractivity contribution in [2.45, 2.75) is 42.9 Å². The van der Waals surface area contributed by atoms with Crippen molar-refractivity contribution in [1.29, 1.82) is 0 Å². The molecule has 1 aliphatic heterocycles. The van der Waals surface area contributed by atoms with E-state index < -0.39 is 70.2 Å². The van der Waals surface area contributed by atoms with Crippen LogP contribution in [0.1, 0.15) is 19.8 Å². The lowest BCUT2D eigenvalue weighted by Gasteiger charge is -2.38. The Morgan fingerprint density at radius 1 is 1.09 bits per heavy atom. The molecule has 33 heavy (non-hydrogen) atoms. The molecule has 1 N–H and O–H groups in total. The van der Waals surface area contributed by atoms with Crippen LogP contribution in [0.5, 0.6) is 0 Å². The van der Waals surface area contributed by atoms with E-state index in [4.69, 9.17) is 0 Å². The van der Waals surface area contributed by atoms with Gasteiger partial charge >= 0.3 is 35.0 Å². The molecule has 0 bridgehead atoms. The number of hydrogen-bond acceptors (Lipinski definition) is 8. The van der Waals surface area contributed by atoms with E-state index in [1.807, 2.05) is 0 Å². The largest absolute Gasteiger partial charge is 0.743 e. The number of carbonyl (C=O) groups is 2. The lowest BCUT2D eigenvalue weighted by atomic mass is 10.1. The third-order valence-corrected chi connectivity index (χ3v) is 5.25. The molecule has 1 fully saturated rings. The second-order valence-corrected chi connectivity index (χ2v) is 8.37. The summed E-state index contributed by atoms with van der Waals surface area (Å²) in [5, 5.41) is -3.30. The maximum Gasteiger partial charge on any atom is 0.466 e. The minimum Gasteiger partial charge on any atom is -0.743 e. The molecule has 0 saturated carbocycles. The van der Waals surface area contributed by atoms with Crippen LogP contribution in [0.2, 0.25) is 0 Å². The average molecular weight is 517 g/mol. The molecule has 17 heteroatoms. The number of rotatable bonds is 10. The molecular weight excluding hydrogens is 497 g/mol. The normalized spacial score (nSPS) is 17.9. The van der Waals surface area contributed by atoms with Gasteiger partial charge in [-0.15, -0.1) is 0 Å². The number of amides is 1. The highest BCUT2D eigenvalue weighted by Gasteiger charge is 2.67. The van der Waals surface area contributed by atoms with Gasteiger partial charge in [-0.2, -0.15) is 30.7 Å². The molecule has 0 aromatic heterocycles. The molecule has 0 aromatic carbocycles. The predicted octanol–water partition coefficient (Wildman–Crippen LogP) is 1.37. The highest BCUT2D eigenvalue weighted by molar-refractivity contribution is 7.86. The van der Waals surface area contributed by atoms with Crippen LogP contribution in [0.4, 0.5) is 30.7 Å². The standard InChI is InChI=1S/C16H21F7N2O7S/c1-10(2)11(26)32-14(15(19,20)21,12(27)25-7-5-24-6-8-25)31-9-3-4-13(17,18)16(22,23)33(28,29)30/h24H,1,3-9H2,2H3,(H,28,29,30)/p-1. The summed E-state index contributed by atoms with van der Waals surface area (Å²) >= 11 is 0. The molecule has 9 nitrogen and oxygen atoms in total. The SMILES string of the molecule is C=C(C)C(=O)OC(OCCCC(F)(F)C(F)(F)S(=O)(=O)[O-])(C(=O)N1CCNCC1)C(F)(F)F. The Morgan fingerprint density at radius 3 is 2.03 bits per heavy atom. The van der Waals surface area contributed by atoms with Gasteiger partial charge in [0.15, 0.2) is 10.1 Å². The second-order valence-electron chi connectivity index (χ2n) is 6.95. The molecule has 0 aromatic rings. The van der Waals surface area contributed by atoms with Crippen LogP contribution in [-0.4, -0.2) is 85.7 Å². The van der Waals surface area contributed by atoms with Crippen molar-refractivity contribution in [3.8, 4) is 0 Å². The van der Waals surface area contributed by atoms with E-state index in [2.05, 4.69) is 21.4 Å². The van der Waals surface area contributed by atoms with E-state index in [1.165, 1.54) is 0 Å². The number of nitrogens with one attached hydrogen (secondary N) is 1. The highest BCUT2D eigenvalue weighted by atomic mass is 32.2. The third kappa shape index (κ3) is 6.33.